The van der Waals surface area contributed by atoms with E-state index in [9.17, 15) is 0 Å². The van der Waals surface area contributed by atoms with Gasteiger partial charge in [0.05, 0.1) is 0 Å². The standard InChI is InChI=1S/C16H34PS/c1-13(9-15(3,4)5)11-17(18)12-14(2)10-16(6,7)8/h13-14H,9-12H2,1-8H3. The first-order valence-corrected chi connectivity index (χ1v) is 10.0. The van der Waals surface area contributed by atoms with Crippen molar-refractivity contribution in [3.05, 3.63) is 0 Å². The van der Waals surface area contributed by atoms with E-state index in [1.165, 1.54) is 25.2 Å². The van der Waals surface area contributed by atoms with Crippen molar-refractivity contribution in [2.75, 3.05) is 12.3 Å². The zero-order valence-electron chi connectivity index (χ0n) is 13.8. The van der Waals surface area contributed by atoms with Crippen molar-refractivity contribution >= 4 is 18.5 Å². The molecule has 0 saturated heterocycles. The summed E-state index contributed by atoms with van der Waals surface area (Å²) < 4.78 is 0. The lowest BCUT2D eigenvalue weighted by atomic mass is 9.86. The Bertz CT molecular complexity index is 231. The first-order valence-electron chi connectivity index (χ1n) is 7.31. The van der Waals surface area contributed by atoms with Gasteiger partial charge in [-0.15, -0.1) is 0 Å². The van der Waals surface area contributed by atoms with Crippen LogP contribution in [0.5, 0.6) is 0 Å². The molecular formula is C16H34PS. The van der Waals surface area contributed by atoms with Gasteiger partial charge in [-0.05, 0) is 47.8 Å². The van der Waals surface area contributed by atoms with Gasteiger partial charge in [0, 0.05) is 0 Å². The monoisotopic (exact) mass is 289 g/mol. The zero-order chi connectivity index (χ0) is 14.6. The molecule has 0 fully saturated rings. The first-order chi connectivity index (χ1) is 7.89. The number of hydrogen-bond acceptors (Lipinski definition) is 1. The van der Waals surface area contributed by atoms with Gasteiger partial charge in [-0.3, -0.25) is 0 Å². The Kier molecular flexibility index (Phi) is 7.55. The van der Waals surface area contributed by atoms with Gasteiger partial charge >= 0.3 is 0 Å². The van der Waals surface area contributed by atoms with Crippen molar-refractivity contribution in [3.8, 4) is 0 Å². The summed E-state index contributed by atoms with van der Waals surface area (Å²) in [5, 5.41) is 0. The van der Waals surface area contributed by atoms with Gasteiger partial charge in [-0.2, -0.15) is 0 Å². The van der Waals surface area contributed by atoms with Crippen molar-refractivity contribution < 1.29 is 0 Å². The minimum absolute atomic E-state index is 0.182. The third-order valence-corrected chi connectivity index (χ3v) is 5.91. The fourth-order valence-corrected chi connectivity index (χ4v) is 6.31. The molecular weight excluding hydrogens is 255 g/mol. The molecule has 0 spiro atoms. The van der Waals surface area contributed by atoms with E-state index < -0.39 is 0 Å². The second kappa shape index (κ2) is 7.34. The molecule has 0 aliphatic heterocycles. The number of rotatable bonds is 6. The summed E-state index contributed by atoms with van der Waals surface area (Å²) in [6.45, 7) is 18.6. The summed E-state index contributed by atoms with van der Waals surface area (Å²) in [5.74, 6) is 1.57. The predicted octanol–water partition coefficient (Wildman–Crippen LogP) is 6.07. The molecule has 0 aliphatic rings. The van der Waals surface area contributed by atoms with E-state index in [1.54, 1.807) is 0 Å². The molecule has 0 rings (SSSR count). The second-order valence-corrected chi connectivity index (χ2v) is 11.8. The second-order valence-electron chi connectivity index (χ2n) is 8.59. The lowest BCUT2D eigenvalue weighted by molar-refractivity contribution is 0.319. The smallest absolute Gasteiger partial charge is 0.00544 e. The van der Waals surface area contributed by atoms with E-state index in [0.29, 0.717) is 10.8 Å². The molecule has 0 aliphatic carbocycles. The summed E-state index contributed by atoms with van der Waals surface area (Å²) in [5.41, 5.74) is 0.893. The van der Waals surface area contributed by atoms with Gasteiger partial charge in [0.2, 0.25) is 0 Å². The lowest BCUT2D eigenvalue weighted by Gasteiger charge is -2.26. The van der Waals surface area contributed by atoms with E-state index in [-0.39, 0.29) is 6.70 Å². The van der Waals surface area contributed by atoms with Crippen LogP contribution < -0.4 is 0 Å². The van der Waals surface area contributed by atoms with Crippen molar-refractivity contribution in [1.29, 1.82) is 0 Å². The third kappa shape index (κ3) is 11.6. The van der Waals surface area contributed by atoms with Crippen LogP contribution >= 0.6 is 6.70 Å². The van der Waals surface area contributed by atoms with Crippen molar-refractivity contribution in [2.24, 2.45) is 22.7 Å². The Morgan fingerprint density at radius 3 is 1.28 bits per heavy atom. The third-order valence-electron chi connectivity index (χ3n) is 2.95. The van der Waals surface area contributed by atoms with Gasteiger partial charge in [0.15, 0.2) is 0 Å². The van der Waals surface area contributed by atoms with E-state index >= 15 is 0 Å². The maximum atomic E-state index is 5.73. The molecule has 0 aromatic heterocycles. The summed E-state index contributed by atoms with van der Waals surface area (Å²) in [7, 11) is 0. The van der Waals surface area contributed by atoms with Crippen molar-refractivity contribution in [2.45, 2.75) is 68.2 Å². The van der Waals surface area contributed by atoms with Gasteiger partial charge in [-0.25, -0.2) is 0 Å². The molecule has 0 bridgehead atoms. The Morgan fingerprint density at radius 1 is 0.778 bits per heavy atom. The molecule has 0 aromatic carbocycles. The van der Waals surface area contributed by atoms with Crippen LogP contribution in [0.15, 0.2) is 0 Å². The van der Waals surface area contributed by atoms with Crippen LogP contribution in [-0.2, 0) is 11.8 Å². The lowest BCUT2D eigenvalue weighted by Crippen LogP contribution is -2.15. The predicted molar refractivity (Wildman–Crippen MR) is 90.5 cm³/mol. The summed E-state index contributed by atoms with van der Waals surface area (Å²) in [4.78, 5) is 0. The topological polar surface area (TPSA) is 0 Å². The van der Waals surface area contributed by atoms with Crippen molar-refractivity contribution in [1.82, 2.24) is 0 Å². The van der Waals surface area contributed by atoms with E-state index in [0.717, 1.165) is 11.8 Å². The van der Waals surface area contributed by atoms with Gasteiger partial charge < -0.3 is 0 Å². The van der Waals surface area contributed by atoms with E-state index in [4.69, 9.17) is 11.8 Å². The molecule has 2 unspecified atom stereocenters. The molecule has 0 nitrogen and oxygen atoms in total. The maximum absolute atomic E-state index is 5.73. The molecule has 109 valence electrons. The molecule has 0 heterocycles. The minimum Gasteiger partial charge on any atom is -0.0804 e. The van der Waals surface area contributed by atoms with Gasteiger partial charge in [0.1, 0.15) is 0 Å². The van der Waals surface area contributed by atoms with Gasteiger partial charge in [-0.1, -0.05) is 73.9 Å². The van der Waals surface area contributed by atoms with E-state index in [2.05, 4.69) is 55.4 Å². The average Bonchev–Trinajstić information content (AvgIpc) is 1.92. The Morgan fingerprint density at radius 2 is 1.06 bits per heavy atom. The normalized spacial score (nSPS) is 17.4. The van der Waals surface area contributed by atoms with Crippen LogP contribution in [-0.4, -0.2) is 12.3 Å². The molecule has 2 heteroatoms. The molecule has 0 aromatic rings. The van der Waals surface area contributed by atoms with E-state index in [1.807, 2.05) is 0 Å². The van der Waals surface area contributed by atoms with Crippen LogP contribution in [0.25, 0.3) is 0 Å². The molecule has 2 atom stereocenters. The summed E-state index contributed by atoms with van der Waals surface area (Å²) in [6, 6.07) is 0. The highest BCUT2D eigenvalue weighted by Gasteiger charge is 2.19. The molecule has 18 heavy (non-hydrogen) atoms. The Labute approximate surface area is 122 Å². The highest BCUT2D eigenvalue weighted by atomic mass is 32.4. The summed E-state index contributed by atoms with van der Waals surface area (Å²) >= 11 is 5.73. The first kappa shape index (κ1) is 18.5. The average molecular weight is 289 g/mol. The van der Waals surface area contributed by atoms with Crippen LogP contribution in [0.2, 0.25) is 0 Å². The molecule has 0 amide bonds. The van der Waals surface area contributed by atoms with Crippen molar-refractivity contribution in [3.63, 3.8) is 0 Å². The zero-order valence-corrected chi connectivity index (χ0v) is 15.5. The maximum Gasteiger partial charge on any atom is -0.00544 e. The molecule has 1 radical (unpaired) electrons. The van der Waals surface area contributed by atoms with Crippen LogP contribution in [0, 0.1) is 22.7 Å². The highest BCUT2D eigenvalue weighted by Crippen LogP contribution is 2.35. The summed E-state index contributed by atoms with van der Waals surface area (Å²) in [6.07, 6.45) is 5.15. The van der Waals surface area contributed by atoms with Crippen LogP contribution in [0.3, 0.4) is 0 Å². The Balaban J connectivity index is 4.04. The van der Waals surface area contributed by atoms with Crippen LogP contribution in [0.4, 0.5) is 0 Å². The highest BCUT2D eigenvalue weighted by molar-refractivity contribution is 8.05. The SMILES string of the molecule is CC(C[P](=S)CC(C)CC(C)(C)C)CC(C)(C)C. The fraction of sp³-hybridized carbons (Fsp3) is 1.00. The Hall–Kier alpha value is 0.520. The minimum atomic E-state index is -0.182. The quantitative estimate of drug-likeness (QED) is 0.534. The fourth-order valence-electron chi connectivity index (χ4n) is 2.99. The largest absolute Gasteiger partial charge is 0.0804 e. The van der Waals surface area contributed by atoms with Crippen LogP contribution in [0.1, 0.15) is 68.2 Å². The molecule has 0 N–H and O–H groups in total. The molecule has 0 saturated carbocycles. The number of hydrogen-bond donors (Lipinski definition) is 0. The van der Waals surface area contributed by atoms with Gasteiger partial charge in [0.25, 0.3) is 0 Å².